The summed E-state index contributed by atoms with van der Waals surface area (Å²) < 4.78 is 0. The Hall–Kier alpha value is -3.54. The molecule has 0 fully saturated rings. The van der Waals surface area contributed by atoms with E-state index in [-0.39, 0.29) is 22.3 Å². The summed E-state index contributed by atoms with van der Waals surface area (Å²) in [4.78, 5) is 50.9. The summed E-state index contributed by atoms with van der Waals surface area (Å²) >= 11 is 0. The van der Waals surface area contributed by atoms with E-state index in [1.807, 2.05) is 0 Å². The molecule has 2 aromatic rings. The van der Waals surface area contributed by atoms with Crippen molar-refractivity contribution in [3.05, 3.63) is 70.8 Å². The quantitative estimate of drug-likeness (QED) is 0.826. The molecule has 0 saturated heterocycles. The summed E-state index contributed by atoms with van der Waals surface area (Å²) in [5.41, 5.74) is -0.649. The molecule has 0 heterocycles. The Morgan fingerprint density at radius 1 is 0.538 bits per heavy atom. The van der Waals surface area contributed by atoms with Gasteiger partial charge in [-0.05, 0) is 0 Å². The van der Waals surface area contributed by atoms with Crippen LogP contribution in [0, 0.1) is 22.7 Å². The van der Waals surface area contributed by atoms with Gasteiger partial charge in [-0.15, -0.1) is 0 Å². The topological polar surface area (TPSA) is 116 Å². The van der Waals surface area contributed by atoms with Crippen LogP contribution in [-0.2, 0) is 0 Å². The van der Waals surface area contributed by atoms with Crippen molar-refractivity contribution in [2.24, 2.45) is 11.8 Å². The van der Waals surface area contributed by atoms with Crippen LogP contribution in [0.25, 0.3) is 0 Å². The van der Waals surface area contributed by atoms with Gasteiger partial charge in [-0.2, -0.15) is 0 Å². The molecule has 2 aliphatic rings. The molecule has 0 spiro atoms. The fourth-order valence-electron chi connectivity index (χ4n) is 3.60. The largest absolute Gasteiger partial charge is 0.300 e. The number of Topliss-reactive ketones (excluding diaryl/α,β-unsaturated/α-hetero) is 4. The first-order valence-electron chi connectivity index (χ1n) is 7.96. The van der Waals surface area contributed by atoms with E-state index in [1.165, 1.54) is 24.3 Å². The van der Waals surface area contributed by atoms with Crippen LogP contribution < -0.4 is 0 Å². The summed E-state index contributed by atoms with van der Waals surface area (Å²) in [6, 6.07) is 12.2. The van der Waals surface area contributed by atoms with Crippen molar-refractivity contribution in [1.29, 1.82) is 10.8 Å². The summed E-state index contributed by atoms with van der Waals surface area (Å²) in [5, 5.41) is 16.3. The molecule has 0 amide bonds. The molecule has 2 N–H and O–H groups in total. The van der Waals surface area contributed by atoms with Gasteiger partial charge in [0.2, 0.25) is 11.6 Å². The highest BCUT2D eigenvalue weighted by Gasteiger charge is 2.50. The van der Waals surface area contributed by atoms with Crippen molar-refractivity contribution in [1.82, 2.24) is 0 Å². The van der Waals surface area contributed by atoms with Gasteiger partial charge in [0, 0.05) is 22.3 Å². The fraction of sp³-hybridized carbons (Fsp3) is 0.100. The number of hydrogen-bond donors (Lipinski definition) is 2. The number of carbonyl (C=O) groups excluding carboxylic acids is 4. The fourth-order valence-corrected chi connectivity index (χ4v) is 3.60. The SMILES string of the molecule is N=C1C(=O)c2ccccc2C(=O)C1C1C(=N)C(=O)c2ccccc2C1=O. The summed E-state index contributed by atoms with van der Waals surface area (Å²) in [6.07, 6.45) is 0. The lowest BCUT2D eigenvalue weighted by molar-refractivity contribution is 0.0823. The molecule has 0 radical (unpaired) electrons. The van der Waals surface area contributed by atoms with Crippen LogP contribution >= 0.6 is 0 Å². The maximum absolute atomic E-state index is 12.9. The third kappa shape index (κ3) is 1.99. The molecule has 6 nitrogen and oxygen atoms in total. The normalized spacial score (nSPS) is 22.3. The van der Waals surface area contributed by atoms with E-state index in [0.29, 0.717) is 0 Å². The lowest BCUT2D eigenvalue weighted by atomic mass is 9.67. The van der Waals surface area contributed by atoms with Crippen molar-refractivity contribution in [3.8, 4) is 0 Å². The van der Waals surface area contributed by atoms with Crippen molar-refractivity contribution in [3.63, 3.8) is 0 Å². The second-order valence-corrected chi connectivity index (χ2v) is 6.26. The second-order valence-electron chi connectivity index (χ2n) is 6.26. The zero-order valence-corrected chi connectivity index (χ0v) is 13.4. The van der Waals surface area contributed by atoms with Gasteiger partial charge < -0.3 is 10.8 Å². The standard InChI is InChI=1S/C20H12N2O4/c21-15-13(17(23)9-5-1-3-7-11(9)19(15)25)14-16(22)20(26)12-8-4-2-6-10(12)18(14)24/h1-8,13-14,21-22H. The second kappa shape index (κ2) is 5.49. The molecule has 0 aliphatic heterocycles. The summed E-state index contributed by atoms with van der Waals surface area (Å²) in [7, 11) is 0. The van der Waals surface area contributed by atoms with E-state index < -0.39 is 46.4 Å². The molecule has 126 valence electrons. The van der Waals surface area contributed by atoms with E-state index in [1.54, 1.807) is 24.3 Å². The molecule has 2 aromatic carbocycles. The molecule has 6 heteroatoms. The lowest BCUT2D eigenvalue weighted by Gasteiger charge is -2.32. The highest BCUT2D eigenvalue weighted by Crippen LogP contribution is 2.34. The number of hydrogen-bond acceptors (Lipinski definition) is 6. The van der Waals surface area contributed by atoms with Crippen molar-refractivity contribution >= 4 is 34.6 Å². The van der Waals surface area contributed by atoms with Crippen LogP contribution in [0.5, 0.6) is 0 Å². The third-order valence-corrected chi connectivity index (χ3v) is 4.88. The summed E-state index contributed by atoms with van der Waals surface area (Å²) in [5.74, 6) is -5.38. The maximum atomic E-state index is 12.9. The Morgan fingerprint density at radius 2 is 0.846 bits per heavy atom. The molecule has 0 aromatic heterocycles. The molecule has 26 heavy (non-hydrogen) atoms. The summed E-state index contributed by atoms with van der Waals surface area (Å²) in [6.45, 7) is 0. The number of nitrogens with one attached hydrogen (secondary N) is 2. The third-order valence-electron chi connectivity index (χ3n) is 4.88. The van der Waals surface area contributed by atoms with Gasteiger partial charge in [0.05, 0.1) is 23.3 Å². The number of rotatable bonds is 1. The molecular formula is C20H12N2O4. The van der Waals surface area contributed by atoms with Crippen LogP contribution in [0.2, 0.25) is 0 Å². The Labute approximate surface area is 147 Å². The van der Waals surface area contributed by atoms with Crippen molar-refractivity contribution in [2.75, 3.05) is 0 Å². The first kappa shape index (κ1) is 16.0. The van der Waals surface area contributed by atoms with Crippen LogP contribution in [0.15, 0.2) is 48.5 Å². The van der Waals surface area contributed by atoms with Crippen LogP contribution in [-0.4, -0.2) is 34.6 Å². The average molecular weight is 344 g/mol. The zero-order valence-electron chi connectivity index (χ0n) is 13.4. The molecule has 0 bridgehead atoms. The molecule has 4 rings (SSSR count). The minimum Gasteiger partial charge on any atom is -0.300 e. The Balaban J connectivity index is 1.88. The molecule has 2 atom stereocenters. The van der Waals surface area contributed by atoms with E-state index in [0.717, 1.165) is 0 Å². The molecule has 2 aliphatic carbocycles. The average Bonchev–Trinajstić information content (AvgIpc) is 2.67. The Bertz CT molecular complexity index is 981. The predicted molar refractivity (Wildman–Crippen MR) is 92.6 cm³/mol. The molecule has 2 unspecified atom stereocenters. The Morgan fingerprint density at radius 3 is 1.19 bits per heavy atom. The van der Waals surface area contributed by atoms with Crippen molar-refractivity contribution in [2.45, 2.75) is 0 Å². The highest BCUT2D eigenvalue weighted by molar-refractivity contribution is 6.58. The van der Waals surface area contributed by atoms with Crippen LogP contribution in [0.4, 0.5) is 0 Å². The smallest absolute Gasteiger partial charge is 0.207 e. The number of fused-ring (bicyclic) bond motifs is 2. The number of ketones is 4. The van der Waals surface area contributed by atoms with E-state index in [9.17, 15) is 19.2 Å². The van der Waals surface area contributed by atoms with Gasteiger partial charge in [-0.1, -0.05) is 48.5 Å². The van der Waals surface area contributed by atoms with Gasteiger partial charge in [0.25, 0.3) is 0 Å². The number of carbonyl (C=O) groups is 4. The van der Waals surface area contributed by atoms with Gasteiger partial charge >= 0.3 is 0 Å². The van der Waals surface area contributed by atoms with Crippen LogP contribution in [0.1, 0.15) is 41.4 Å². The Kier molecular flexibility index (Phi) is 3.37. The maximum Gasteiger partial charge on any atom is 0.207 e. The zero-order chi connectivity index (χ0) is 18.6. The minimum atomic E-state index is -1.45. The van der Waals surface area contributed by atoms with Gasteiger partial charge in [0.1, 0.15) is 0 Å². The molecular weight excluding hydrogens is 332 g/mol. The first-order valence-corrected chi connectivity index (χ1v) is 7.96. The number of benzene rings is 2. The van der Waals surface area contributed by atoms with Gasteiger partial charge in [-0.3, -0.25) is 19.2 Å². The van der Waals surface area contributed by atoms with E-state index >= 15 is 0 Å². The van der Waals surface area contributed by atoms with Crippen molar-refractivity contribution < 1.29 is 19.2 Å². The van der Waals surface area contributed by atoms with Crippen LogP contribution in [0.3, 0.4) is 0 Å². The minimum absolute atomic E-state index is 0.111. The monoisotopic (exact) mass is 344 g/mol. The highest BCUT2D eigenvalue weighted by atomic mass is 16.2. The van der Waals surface area contributed by atoms with Gasteiger partial charge in [0.15, 0.2) is 11.6 Å². The van der Waals surface area contributed by atoms with Gasteiger partial charge in [-0.25, -0.2) is 0 Å². The van der Waals surface area contributed by atoms with E-state index in [2.05, 4.69) is 0 Å². The van der Waals surface area contributed by atoms with E-state index in [4.69, 9.17) is 10.8 Å². The lowest BCUT2D eigenvalue weighted by Crippen LogP contribution is -2.50. The molecule has 0 saturated carbocycles. The first-order chi connectivity index (χ1) is 12.4. The predicted octanol–water partition coefficient (Wildman–Crippen LogP) is 2.42.